The second-order valence-electron chi connectivity index (χ2n) is 5.92. The van der Waals surface area contributed by atoms with E-state index in [4.69, 9.17) is 17.0 Å². The van der Waals surface area contributed by atoms with E-state index in [1.54, 1.807) is 0 Å². The third kappa shape index (κ3) is 6.19. The van der Waals surface area contributed by atoms with Crippen molar-refractivity contribution in [2.45, 2.75) is 6.42 Å². The number of benzene rings is 2. The Morgan fingerprint density at radius 1 is 0.880 bits per heavy atom. The van der Waals surface area contributed by atoms with Crippen LogP contribution in [0.25, 0.3) is 0 Å². The van der Waals surface area contributed by atoms with Crippen LogP contribution in [0, 0.1) is 5.41 Å². The summed E-state index contributed by atoms with van der Waals surface area (Å²) in [6.45, 7) is 4.95. The van der Waals surface area contributed by atoms with E-state index in [1.165, 1.54) is 5.56 Å². The summed E-state index contributed by atoms with van der Waals surface area (Å²) in [5.41, 5.74) is 2.33. The van der Waals surface area contributed by atoms with Crippen LogP contribution in [0.1, 0.15) is 11.1 Å². The Hall–Kier alpha value is -1.26. The molecule has 25 heavy (non-hydrogen) atoms. The number of halogens is 3. The molecule has 1 saturated heterocycles. The Morgan fingerprint density at radius 2 is 1.48 bits per heavy atom. The van der Waals surface area contributed by atoms with E-state index in [0.717, 1.165) is 44.7 Å². The first-order valence-corrected chi connectivity index (χ1v) is 8.46. The van der Waals surface area contributed by atoms with E-state index in [2.05, 4.69) is 40.1 Å². The standard InChI is InChI=1S/C19H22ClN3.2ClH/c20-18-8-6-17(7-9-18)19(21)23-14-12-22(13-15-23)11-10-16-4-2-1-3-5-16;;/h1-9,21H,10-15H2;2*1H. The first-order valence-electron chi connectivity index (χ1n) is 8.08. The molecule has 3 nitrogen and oxygen atoms in total. The van der Waals surface area contributed by atoms with Gasteiger partial charge in [0.15, 0.2) is 0 Å². The van der Waals surface area contributed by atoms with Crippen molar-refractivity contribution in [3.8, 4) is 0 Å². The van der Waals surface area contributed by atoms with Gasteiger partial charge in [-0.3, -0.25) is 10.3 Å². The lowest BCUT2D eigenvalue weighted by molar-refractivity contribution is 0.183. The topological polar surface area (TPSA) is 30.3 Å². The third-order valence-corrected chi connectivity index (χ3v) is 4.62. The maximum Gasteiger partial charge on any atom is 0.128 e. The van der Waals surface area contributed by atoms with Crippen LogP contribution in [0.3, 0.4) is 0 Å². The molecule has 1 aliphatic heterocycles. The third-order valence-electron chi connectivity index (χ3n) is 4.37. The molecule has 2 aromatic carbocycles. The Balaban J connectivity index is 0.00000156. The number of nitrogens with one attached hydrogen (secondary N) is 1. The summed E-state index contributed by atoms with van der Waals surface area (Å²) >= 11 is 5.92. The number of nitrogens with zero attached hydrogens (tertiary/aromatic N) is 2. The van der Waals surface area contributed by atoms with E-state index in [1.807, 2.05) is 24.3 Å². The van der Waals surface area contributed by atoms with Crippen molar-refractivity contribution in [1.82, 2.24) is 9.80 Å². The molecule has 0 unspecified atom stereocenters. The number of piperazine rings is 1. The van der Waals surface area contributed by atoms with Gasteiger partial charge in [0.2, 0.25) is 0 Å². The molecule has 3 rings (SSSR count). The molecule has 0 spiro atoms. The van der Waals surface area contributed by atoms with Crippen LogP contribution < -0.4 is 0 Å². The molecule has 1 heterocycles. The minimum Gasteiger partial charge on any atom is -0.354 e. The molecule has 6 heteroatoms. The largest absolute Gasteiger partial charge is 0.354 e. The first-order chi connectivity index (χ1) is 11.2. The van der Waals surface area contributed by atoms with Crippen molar-refractivity contribution in [2.75, 3.05) is 32.7 Å². The Labute approximate surface area is 167 Å². The van der Waals surface area contributed by atoms with Gasteiger partial charge in [-0.1, -0.05) is 41.9 Å². The zero-order valence-corrected chi connectivity index (χ0v) is 16.4. The molecule has 0 radical (unpaired) electrons. The lowest BCUT2D eigenvalue weighted by atomic mass is 10.1. The number of hydrogen-bond donors (Lipinski definition) is 1. The lowest BCUT2D eigenvalue weighted by Gasteiger charge is -2.36. The Bertz CT molecular complexity index is 639. The number of hydrogen-bond acceptors (Lipinski definition) is 2. The maximum atomic E-state index is 8.36. The molecule has 0 aromatic heterocycles. The van der Waals surface area contributed by atoms with Crippen molar-refractivity contribution in [1.29, 1.82) is 5.41 Å². The Morgan fingerprint density at radius 3 is 2.08 bits per heavy atom. The second-order valence-corrected chi connectivity index (χ2v) is 6.36. The van der Waals surface area contributed by atoms with Crippen LogP contribution in [0.2, 0.25) is 5.02 Å². The molecule has 0 atom stereocenters. The summed E-state index contributed by atoms with van der Waals surface area (Å²) in [6, 6.07) is 18.2. The Kier molecular flexibility index (Phi) is 9.30. The molecule has 1 aliphatic rings. The molecule has 0 amide bonds. The van der Waals surface area contributed by atoms with Gasteiger partial charge >= 0.3 is 0 Å². The fourth-order valence-electron chi connectivity index (χ4n) is 2.92. The van der Waals surface area contributed by atoms with E-state index >= 15 is 0 Å². The lowest BCUT2D eigenvalue weighted by Crippen LogP contribution is -2.49. The molecule has 0 bridgehead atoms. The van der Waals surface area contributed by atoms with E-state index in [9.17, 15) is 0 Å². The average molecular weight is 401 g/mol. The summed E-state index contributed by atoms with van der Waals surface area (Å²) in [5, 5.41) is 9.08. The highest BCUT2D eigenvalue weighted by atomic mass is 35.5. The monoisotopic (exact) mass is 399 g/mol. The fourth-order valence-corrected chi connectivity index (χ4v) is 3.04. The van der Waals surface area contributed by atoms with Gasteiger partial charge in [-0.25, -0.2) is 0 Å². The van der Waals surface area contributed by atoms with E-state index in [-0.39, 0.29) is 24.8 Å². The average Bonchev–Trinajstić information content (AvgIpc) is 2.61. The minimum absolute atomic E-state index is 0. The van der Waals surface area contributed by atoms with Crippen LogP contribution in [0.15, 0.2) is 54.6 Å². The van der Waals surface area contributed by atoms with Crippen molar-refractivity contribution in [3.05, 3.63) is 70.7 Å². The molecule has 1 N–H and O–H groups in total. The van der Waals surface area contributed by atoms with E-state index < -0.39 is 0 Å². The SMILES string of the molecule is Cl.Cl.N=C(c1ccc(Cl)cc1)N1CCN(CCc2ccccc2)CC1. The van der Waals surface area contributed by atoms with Crippen molar-refractivity contribution in [2.24, 2.45) is 0 Å². The number of amidine groups is 1. The first kappa shape index (κ1) is 21.8. The van der Waals surface area contributed by atoms with Gasteiger partial charge in [-0.05, 0) is 36.2 Å². The zero-order chi connectivity index (χ0) is 16.1. The normalized spacial score (nSPS) is 14.4. The van der Waals surface area contributed by atoms with Crippen molar-refractivity contribution >= 4 is 42.3 Å². The maximum absolute atomic E-state index is 8.36. The summed E-state index contributed by atoms with van der Waals surface area (Å²) < 4.78 is 0. The van der Waals surface area contributed by atoms with Crippen LogP contribution in [-0.4, -0.2) is 48.4 Å². The van der Waals surface area contributed by atoms with Gasteiger partial charge in [0.05, 0.1) is 0 Å². The van der Waals surface area contributed by atoms with Gasteiger partial charge in [0.25, 0.3) is 0 Å². The van der Waals surface area contributed by atoms with Crippen LogP contribution in [0.5, 0.6) is 0 Å². The predicted molar refractivity (Wildman–Crippen MR) is 111 cm³/mol. The molecule has 0 aliphatic carbocycles. The summed E-state index contributed by atoms with van der Waals surface area (Å²) in [4.78, 5) is 4.64. The minimum atomic E-state index is 0. The highest BCUT2D eigenvalue weighted by molar-refractivity contribution is 6.30. The van der Waals surface area contributed by atoms with Gasteiger partial charge in [0.1, 0.15) is 5.84 Å². The zero-order valence-electron chi connectivity index (χ0n) is 14.0. The molecular weight excluding hydrogens is 377 g/mol. The quantitative estimate of drug-likeness (QED) is 0.610. The van der Waals surface area contributed by atoms with Gasteiger partial charge in [-0.15, -0.1) is 24.8 Å². The summed E-state index contributed by atoms with van der Waals surface area (Å²) in [6.07, 6.45) is 1.09. The van der Waals surface area contributed by atoms with Crippen LogP contribution >= 0.6 is 36.4 Å². The van der Waals surface area contributed by atoms with Crippen LogP contribution in [0.4, 0.5) is 0 Å². The predicted octanol–water partition coefficient (Wildman–Crippen LogP) is 4.37. The second kappa shape index (κ2) is 10.7. The molecule has 0 saturated carbocycles. The summed E-state index contributed by atoms with van der Waals surface area (Å²) in [7, 11) is 0. The van der Waals surface area contributed by atoms with Gasteiger partial charge in [0, 0.05) is 43.3 Å². The number of rotatable bonds is 4. The van der Waals surface area contributed by atoms with Gasteiger partial charge < -0.3 is 4.90 Å². The van der Waals surface area contributed by atoms with E-state index in [0.29, 0.717) is 10.9 Å². The molecular formula is C19H24Cl3N3. The van der Waals surface area contributed by atoms with Crippen LogP contribution in [-0.2, 0) is 6.42 Å². The highest BCUT2D eigenvalue weighted by Crippen LogP contribution is 2.13. The highest BCUT2D eigenvalue weighted by Gasteiger charge is 2.19. The smallest absolute Gasteiger partial charge is 0.128 e. The molecule has 1 fully saturated rings. The summed E-state index contributed by atoms with van der Waals surface area (Å²) in [5.74, 6) is 0.601. The molecule has 2 aromatic rings. The van der Waals surface area contributed by atoms with Crippen molar-refractivity contribution in [3.63, 3.8) is 0 Å². The van der Waals surface area contributed by atoms with Crippen molar-refractivity contribution < 1.29 is 0 Å². The molecule has 136 valence electrons. The van der Waals surface area contributed by atoms with Gasteiger partial charge in [-0.2, -0.15) is 0 Å². The fraction of sp³-hybridized carbons (Fsp3) is 0.316.